The highest BCUT2D eigenvalue weighted by Gasteiger charge is 2.44. The molecule has 1 amide bonds. The van der Waals surface area contributed by atoms with E-state index in [0.29, 0.717) is 6.42 Å². The molecule has 1 rings (SSSR count). The molecule has 9 heteroatoms. The summed E-state index contributed by atoms with van der Waals surface area (Å²) in [6, 6.07) is -0.800. The van der Waals surface area contributed by atoms with Crippen molar-refractivity contribution < 1.29 is 39.8 Å². The van der Waals surface area contributed by atoms with Crippen molar-refractivity contribution in [1.82, 2.24) is 5.32 Å². The van der Waals surface area contributed by atoms with Gasteiger partial charge in [-0.25, -0.2) is 0 Å². The summed E-state index contributed by atoms with van der Waals surface area (Å²) in [6.45, 7) is 3.51. The van der Waals surface area contributed by atoms with E-state index < -0.39 is 49.5 Å². The second-order valence-electron chi connectivity index (χ2n) is 11.6. The van der Waals surface area contributed by atoms with Crippen molar-refractivity contribution in [3.63, 3.8) is 0 Å². The molecule has 0 radical (unpaired) electrons. The molecule has 0 bridgehead atoms. The monoisotopic (exact) mass is 599 g/mol. The number of hydrogen-bond donors (Lipinski definition) is 6. The van der Waals surface area contributed by atoms with Crippen LogP contribution in [0.25, 0.3) is 0 Å². The zero-order valence-corrected chi connectivity index (χ0v) is 26.2. The second-order valence-corrected chi connectivity index (χ2v) is 11.6. The minimum absolute atomic E-state index is 0.196. The molecule has 9 nitrogen and oxygen atoms in total. The van der Waals surface area contributed by atoms with Crippen LogP contribution in [-0.4, -0.2) is 87.5 Å². The number of aliphatic hydroxyl groups excluding tert-OH is 5. The normalized spacial score (nSPS) is 24.4. The molecule has 0 aromatic rings. The average molecular weight is 600 g/mol. The minimum Gasteiger partial charge on any atom is -0.394 e. The first-order valence-corrected chi connectivity index (χ1v) is 16.6. The van der Waals surface area contributed by atoms with Gasteiger partial charge in [-0.3, -0.25) is 4.79 Å². The zero-order chi connectivity index (χ0) is 31.0. The first-order valence-electron chi connectivity index (χ1n) is 16.6. The Morgan fingerprint density at radius 3 is 1.98 bits per heavy atom. The molecule has 1 fully saturated rings. The number of rotatable bonds is 25. The van der Waals surface area contributed by atoms with Crippen LogP contribution in [0.1, 0.15) is 123 Å². The maximum Gasteiger partial charge on any atom is 0.220 e. The number of aliphatic hydroxyl groups is 5. The SMILES string of the molecule is CCC/C=C/C(O)C(COC1OC(CO)C(O)C(O)C1O)NC(=O)CCCCCCC/C=C\CCCCCCCCC. The lowest BCUT2D eigenvalue weighted by Crippen LogP contribution is -2.60. The summed E-state index contributed by atoms with van der Waals surface area (Å²) in [6.07, 6.45) is 18.8. The lowest BCUT2D eigenvalue weighted by Gasteiger charge is -2.40. The summed E-state index contributed by atoms with van der Waals surface area (Å²) in [5.74, 6) is -0.200. The van der Waals surface area contributed by atoms with Crippen LogP contribution in [0.3, 0.4) is 0 Å². The summed E-state index contributed by atoms with van der Waals surface area (Å²) in [5.41, 5.74) is 0. The molecule has 0 aromatic carbocycles. The summed E-state index contributed by atoms with van der Waals surface area (Å²) in [7, 11) is 0. The van der Waals surface area contributed by atoms with E-state index in [1.54, 1.807) is 6.08 Å². The maximum atomic E-state index is 12.6. The highest BCUT2D eigenvalue weighted by Crippen LogP contribution is 2.22. The van der Waals surface area contributed by atoms with Crippen molar-refractivity contribution in [2.24, 2.45) is 0 Å². The Kier molecular flexibility index (Phi) is 23.1. The molecule has 0 aliphatic carbocycles. The van der Waals surface area contributed by atoms with Crippen molar-refractivity contribution in [1.29, 1.82) is 0 Å². The third-order valence-corrected chi connectivity index (χ3v) is 7.75. The molecular formula is C33H61NO8. The van der Waals surface area contributed by atoms with Crippen LogP contribution < -0.4 is 5.32 Å². The van der Waals surface area contributed by atoms with Gasteiger partial charge in [-0.15, -0.1) is 0 Å². The van der Waals surface area contributed by atoms with E-state index in [2.05, 4.69) is 24.4 Å². The van der Waals surface area contributed by atoms with Gasteiger partial charge in [0, 0.05) is 6.42 Å². The number of hydrogen-bond acceptors (Lipinski definition) is 8. The molecule has 42 heavy (non-hydrogen) atoms. The van der Waals surface area contributed by atoms with Gasteiger partial charge in [-0.05, 0) is 38.5 Å². The van der Waals surface area contributed by atoms with Gasteiger partial charge in [0.2, 0.25) is 5.91 Å². The smallest absolute Gasteiger partial charge is 0.220 e. The summed E-state index contributed by atoms with van der Waals surface area (Å²) < 4.78 is 11.0. The van der Waals surface area contributed by atoms with Gasteiger partial charge < -0.3 is 40.3 Å². The predicted molar refractivity (Wildman–Crippen MR) is 166 cm³/mol. The van der Waals surface area contributed by atoms with Gasteiger partial charge in [0.05, 0.1) is 25.4 Å². The number of unbranched alkanes of at least 4 members (excludes halogenated alkanes) is 13. The molecular weight excluding hydrogens is 538 g/mol. The number of amides is 1. The fraction of sp³-hybridized carbons (Fsp3) is 0.848. The van der Waals surface area contributed by atoms with Crippen LogP contribution >= 0.6 is 0 Å². The summed E-state index contributed by atoms with van der Waals surface area (Å²) >= 11 is 0. The Balaban J connectivity index is 2.31. The summed E-state index contributed by atoms with van der Waals surface area (Å²) in [4.78, 5) is 12.6. The number of carbonyl (C=O) groups is 1. The van der Waals surface area contributed by atoms with Crippen LogP contribution in [0.4, 0.5) is 0 Å². The van der Waals surface area contributed by atoms with E-state index in [4.69, 9.17) is 9.47 Å². The lowest BCUT2D eigenvalue weighted by atomic mass is 9.99. The highest BCUT2D eigenvalue weighted by atomic mass is 16.7. The zero-order valence-electron chi connectivity index (χ0n) is 26.2. The third-order valence-electron chi connectivity index (χ3n) is 7.75. The summed E-state index contributed by atoms with van der Waals surface area (Å²) in [5, 5.41) is 53.1. The van der Waals surface area contributed by atoms with Crippen LogP contribution in [0.5, 0.6) is 0 Å². The van der Waals surface area contributed by atoms with E-state index in [-0.39, 0.29) is 12.5 Å². The fourth-order valence-electron chi connectivity index (χ4n) is 4.98. The van der Waals surface area contributed by atoms with Crippen molar-refractivity contribution >= 4 is 5.91 Å². The number of ether oxygens (including phenoxy) is 2. The topological polar surface area (TPSA) is 149 Å². The van der Waals surface area contributed by atoms with E-state index in [0.717, 1.165) is 51.4 Å². The Hall–Kier alpha value is -1.33. The largest absolute Gasteiger partial charge is 0.394 e. The fourth-order valence-corrected chi connectivity index (χ4v) is 4.98. The maximum absolute atomic E-state index is 12.6. The quantitative estimate of drug-likeness (QED) is 0.0667. The number of carbonyl (C=O) groups excluding carboxylic acids is 1. The Morgan fingerprint density at radius 1 is 0.786 bits per heavy atom. The van der Waals surface area contributed by atoms with Crippen molar-refractivity contribution in [2.45, 2.75) is 166 Å². The van der Waals surface area contributed by atoms with Gasteiger partial charge in [0.15, 0.2) is 6.29 Å². The van der Waals surface area contributed by atoms with E-state index in [1.165, 1.54) is 51.4 Å². The predicted octanol–water partition coefficient (Wildman–Crippen LogP) is 4.43. The Labute approximate surface area is 254 Å². The second kappa shape index (κ2) is 25.0. The number of allylic oxidation sites excluding steroid dienone is 3. The third kappa shape index (κ3) is 17.1. The number of nitrogens with one attached hydrogen (secondary N) is 1. The minimum atomic E-state index is -1.56. The highest BCUT2D eigenvalue weighted by molar-refractivity contribution is 5.76. The van der Waals surface area contributed by atoms with Crippen molar-refractivity contribution in [3.8, 4) is 0 Å². The Morgan fingerprint density at radius 2 is 1.38 bits per heavy atom. The molecule has 1 heterocycles. The van der Waals surface area contributed by atoms with E-state index in [1.807, 2.05) is 13.0 Å². The van der Waals surface area contributed by atoms with Crippen LogP contribution in [0.2, 0.25) is 0 Å². The van der Waals surface area contributed by atoms with Gasteiger partial charge in [0.1, 0.15) is 24.4 Å². The van der Waals surface area contributed by atoms with E-state index >= 15 is 0 Å². The first kappa shape index (κ1) is 38.7. The van der Waals surface area contributed by atoms with Crippen molar-refractivity contribution in [3.05, 3.63) is 24.3 Å². The van der Waals surface area contributed by atoms with Crippen LogP contribution in [0, 0.1) is 0 Å². The molecule has 0 saturated carbocycles. The van der Waals surface area contributed by atoms with E-state index in [9.17, 15) is 30.3 Å². The molecule has 0 aromatic heterocycles. The lowest BCUT2D eigenvalue weighted by molar-refractivity contribution is -0.302. The molecule has 6 N–H and O–H groups in total. The van der Waals surface area contributed by atoms with Crippen LogP contribution in [-0.2, 0) is 14.3 Å². The van der Waals surface area contributed by atoms with Gasteiger partial charge in [-0.2, -0.15) is 0 Å². The molecule has 0 spiro atoms. The van der Waals surface area contributed by atoms with Gasteiger partial charge in [0.25, 0.3) is 0 Å². The Bertz CT molecular complexity index is 716. The molecule has 1 aliphatic heterocycles. The molecule has 1 saturated heterocycles. The van der Waals surface area contributed by atoms with Gasteiger partial charge in [-0.1, -0.05) is 102 Å². The molecule has 7 unspecified atom stereocenters. The first-order chi connectivity index (χ1) is 20.3. The van der Waals surface area contributed by atoms with Gasteiger partial charge >= 0.3 is 0 Å². The molecule has 7 atom stereocenters. The molecule has 1 aliphatic rings. The van der Waals surface area contributed by atoms with Crippen LogP contribution in [0.15, 0.2) is 24.3 Å². The van der Waals surface area contributed by atoms with Crippen molar-refractivity contribution in [2.75, 3.05) is 13.2 Å². The average Bonchev–Trinajstić information content (AvgIpc) is 2.98. The standard InChI is InChI=1S/C33H61NO8/c1-3-5-7-8-9-10-11-12-13-14-15-16-17-18-19-21-23-29(37)34-26(27(36)22-20-6-4-2)25-41-33-32(40)31(39)30(38)28(24-35)42-33/h13-14,20,22,26-28,30-33,35-36,38-40H,3-12,15-19,21,23-25H2,1-2H3,(H,34,37)/b14-13-,22-20+. The molecule has 246 valence electrons.